The van der Waals surface area contributed by atoms with Crippen LogP contribution < -0.4 is 4.59 Å². The van der Waals surface area contributed by atoms with Crippen LogP contribution in [0.25, 0.3) is 0 Å². The molecule has 16 heavy (non-hydrogen) atoms. The molecule has 0 aliphatic carbocycles. The standard InChI is InChI=1S/C12H18N2SSe/c1-3-5-6-9-15-11-7-8-12(14-13-11)16-10-4-2/h4,7-8H,2-3,5-6,9-10H2,1H3. The average molecular weight is 301 g/mol. The zero-order valence-corrected chi connectivity index (χ0v) is 12.2. The Morgan fingerprint density at radius 3 is 2.88 bits per heavy atom. The Labute approximate surface area is 108 Å². The van der Waals surface area contributed by atoms with Gasteiger partial charge >= 0.3 is 109 Å². The van der Waals surface area contributed by atoms with Crippen LogP contribution in [-0.2, 0) is 0 Å². The molecular weight excluding hydrogens is 283 g/mol. The monoisotopic (exact) mass is 302 g/mol. The van der Waals surface area contributed by atoms with E-state index in [-0.39, 0.29) is 0 Å². The fourth-order valence-corrected chi connectivity index (χ4v) is 3.11. The molecule has 0 spiro atoms. The van der Waals surface area contributed by atoms with Crippen LogP contribution in [0.3, 0.4) is 0 Å². The van der Waals surface area contributed by atoms with Gasteiger partial charge in [0.15, 0.2) is 0 Å². The summed E-state index contributed by atoms with van der Waals surface area (Å²) in [6, 6.07) is 4.18. The summed E-state index contributed by atoms with van der Waals surface area (Å²) in [7, 11) is 0. The molecule has 1 heterocycles. The van der Waals surface area contributed by atoms with Gasteiger partial charge in [0, 0.05) is 0 Å². The van der Waals surface area contributed by atoms with Gasteiger partial charge in [-0.15, -0.1) is 0 Å². The Morgan fingerprint density at radius 1 is 1.38 bits per heavy atom. The molecule has 0 radical (unpaired) electrons. The van der Waals surface area contributed by atoms with Gasteiger partial charge in [0.2, 0.25) is 0 Å². The van der Waals surface area contributed by atoms with Crippen molar-refractivity contribution < 1.29 is 0 Å². The minimum atomic E-state index is 0.403. The van der Waals surface area contributed by atoms with Gasteiger partial charge in [-0.1, -0.05) is 0 Å². The van der Waals surface area contributed by atoms with E-state index >= 15 is 0 Å². The first-order valence-corrected chi connectivity index (χ1v) is 8.62. The maximum atomic E-state index is 4.22. The van der Waals surface area contributed by atoms with Crippen molar-refractivity contribution in [1.82, 2.24) is 10.2 Å². The molecule has 4 heteroatoms. The number of nitrogens with zero attached hydrogens (tertiary/aromatic N) is 2. The van der Waals surface area contributed by atoms with Gasteiger partial charge in [0.05, 0.1) is 0 Å². The Bertz CT molecular complexity index is 300. The van der Waals surface area contributed by atoms with Crippen LogP contribution >= 0.6 is 11.8 Å². The summed E-state index contributed by atoms with van der Waals surface area (Å²) >= 11 is 2.21. The van der Waals surface area contributed by atoms with Gasteiger partial charge in [-0.25, -0.2) is 0 Å². The molecule has 0 aliphatic rings. The molecule has 88 valence electrons. The summed E-state index contributed by atoms with van der Waals surface area (Å²) in [6.07, 6.45) is 5.79. The molecule has 0 N–H and O–H groups in total. The van der Waals surface area contributed by atoms with Gasteiger partial charge in [-0.05, 0) is 0 Å². The summed E-state index contributed by atoms with van der Waals surface area (Å²) in [5, 5.41) is 10.5. The number of unbranched alkanes of at least 4 members (excludes halogenated alkanes) is 2. The Hall–Kier alpha value is -0.311. The molecule has 0 fully saturated rings. The topological polar surface area (TPSA) is 25.8 Å². The predicted octanol–water partition coefficient (Wildman–Crippen LogP) is 2.69. The average Bonchev–Trinajstić information content (AvgIpc) is 2.33. The van der Waals surface area contributed by atoms with Crippen LogP contribution in [-0.4, -0.2) is 30.9 Å². The van der Waals surface area contributed by atoms with Gasteiger partial charge < -0.3 is 0 Å². The van der Waals surface area contributed by atoms with Crippen LogP contribution in [0.2, 0.25) is 5.32 Å². The van der Waals surface area contributed by atoms with Crippen LogP contribution in [0.15, 0.2) is 29.8 Å². The third-order valence-electron chi connectivity index (χ3n) is 1.96. The van der Waals surface area contributed by atoms with Crippen molar-refractivity contribution in [1.29, 1.82) is 0 Å². The van der Waals surface area contributed by atoms with Crippen molar-refractivity contribution >= 4 is 31.3 Å². The SMILES string of the molecule is C=CC[Se]c1ccc(SCCCCC)nn1. The second-order valence-electron chi connectivity index (χ2n) is 3.37. The van der Waals surface area contributed by atoms with Gasteiger partial charge in [0.25, 0.3) is 0 Å². The van der Waals surface area contributed by atoms with E-state index in [1.54, 1.807) is 11.8 Å². The molecule has 1 aromatic rings. The van der Waals surface area contributed by atoms with E-state index in [1.165, 1.54) is 19.3 Å². The molecule has 0 amide bonds. The maximum absolute atomic E-state index is 4.22. The number of aromatic nitrogens is 2. The number of hydrogen-bond acceptors (Lipinski definition) is 3. The van der Waals surface area contributed by atoms with Crippen molar-refractivity contribution in [3.05, 3.63) is 24.8 Å². The predicted molar refractivity (Wildman–Crippen MR) is 72.7 cm³/mol. The molecule has 0 atom stereocenters. The quantitative estimate of drug-likeness (QED) is 0.319. The summed E-state index contributed by atoms with van der Waals surface area (Å²) in [4.78, 5) is 0. The first-order valence-electron chi connectivity index (χ1n) is 5.57. The number of allylic oxidation sites excluding steroid dienone is 1. The Kier molecular flexibility index (Phi) is 7.56. The van der Waals surface area contributed by atoms with E-state index in [0.717, 1.165) is 20.7 Å². The van der Waals surface area contributed by atoms with Crippen LogP contribution in [0.4, 0.5) is 0 Å². The summed E-state index contributed by atoms with van der Waals surface area (Å²) < 4.78 is 1.12. The first kappa shape index (κ1) is 13.8. The van der Waals surface area contributed by atoms with E-state index in [9.17, 15) is 0 Å². The first-order chi connectivity index (χ1) is 7.86. The molecule has 2 nitrogen and oxygen atoms in total. The van der Waals surface area contributed by atoms with E-state index in [2.05, 4.69) is 35.8 Å². The van der Waals surface area contributed by atoms with Gasteiger partial charge in [-0.2, -0.15) is 0 Å². The van der Waals surface area contributed by atoms with E-state index < -0.39 is 0 Å². The molecule has 0 bridgehead atoms. The van der Waals surface area contributed by atoms with Crippen molar-refractivity contribution in [3.8, 4) is 0 Å². The van der Waals surface area contributed by atoms with E-state index in [0.29, 0.717) is 15.0 Å². The molecule has 0 saturated carbocycles. The van der Waals surface area contributed by atoms with E-state index in [1.807, 2.05) is 6.08 Å². The van der Waals surface area contributed by atoms with Gasteiger partial charge in [-0.3, -0.25) is 0 Å². The zero-order valence-electron chi connectivity index (χ0n) is 9.69. The van der Waals surface area contributed by atoms with Crippen molar-refractivity contribution in [2.75, 3.05) is 5.75 Å². The van der Waals surface area contributed by atoms with Crippen LogP contribution in [0, 0.1) is 0 Å². The molecule has 1 rings (SSSR count). The summed E-state index contributed by atoms with van der Waals surface area (Å²) in [5.74, 6) is 1.15. The second-order valence-corrected chi connectivity index (χ2v) is 6.66. The summed E-state index contributed by atoms with van der Waals surface area (Å²) in [6.45, 7) is 5.94. The number of thioether (sulfide) groups is 1. The van der Waals surface area contributed by atoms with E-state index in [4.69, 9.17) is 0 Å². The molecular formula is C12H18N2SSe. The van der Waals surface area contributed by atoms with Gasteiger partial charge in [0.1, 0.15) is 0 Å². The second kappa shape index (κ2) is 8.80. The molecule has 0 saturated heterocycles. The number of rotatable bonds is 8. The minimum absolute atomic E-state index is 0.403. The fraction of sp³-hybridized carbons (Fsp3) is 0.500. The normalized spacial score (nSPS) is 10.3. The van der Waals surface area contributed by atoms with Crippen molar-refractivity contribution in [3.63, 3.8) is 0 Å². The van der Waals surface area contributed by atoms with Crippen molar-refractivity contribution in [2.24, 2.45) is 0 Å². The zero-order chi connectivity index (χ0) is 11.6. The third-order valence-corrected chi connectivity index (χ3v) is 4.89. The Morgan fingerprint density at radius 2 is 2.25 bits per heavy atom. The van der Waals surface area contributed by atoms with Crippen LogP contribution in [0.1, 0.15) is 26.2 Å². The fourth-order valence-electron chi connectivity index (χ4n) is 1.13. The number of hydrogen-bond donors (Lipinski definition) is 0. The molecule has 0 aromatic carbocycles. The Balaban J connectivity index is 2.30. The molecule has 0 aliphatic heterocycles. The summed E-state index contributed by atoms with van der Waals surface area (Å²) in [5.41, 5.74) is 0. The third kappa shape index (κ3) is 5.69. The van der Waals surface area contributed by atoms with Crippen molar-refractivity contribution in [2.45, 2.75) is 36.5 Å². The molecule has 1 aromatic heterocycles. The van der Waals surface area contributed by atoms with Crippen LogP contribution in [0.5, 0.6) is 0 Å². The molecule has 0 unspecified atom stereocenters.